The van der Waals surface area contributed by atoms with Gasteiger partial charge >= 0.3 is 25.4 Å². The van der Waals surface area contributed by atoms with E-state index in [9.17, 15) is 0 Å². The summed E-state index contributed by atoms with van der Waals surface area (Å²) in [5.74, 6) is -1.44. The molecule has 26 valence electrons. The molecule has 0 aromatic carbocycles. The molecule has 0 aliphatic carbocycles. The van der Waals surface area contributed by atoms with E-state index in [0.29, 0.717) is 0 Å². The number of nitriles is 1. The van der Waals surface area contributed by atoms with Crippen LogP contribution in [0.5, 0.6) is 0 Å². The van der Waals surface area contributed by atoms with Crippen LogP contribution in [0.4, 0.5) is 0 Å². The molecule has 0 amide bonds. The quantitative estimate of drug-likeness (QED) is 0.280. The summed E-state index contributed by atoms with van der Waals surface area (Å²) in [6, 6.07) is 0.944. The third-order valence-corrected chi connectivity index (χ3v) is 0.0956. The number of rotatable bonds is 0. The van der Waals surface area contributed by atoms with Crippen molar-refractivity contribution in [3.8, 4) is 6.07 Å². The number of carboxylic acid groups (broad SMARTS) is 1. The van der Waals surface area contributed by atoms with E-state index >= 15 is 0 Å². The van der Waals surface area contributed by atoms with Gasteiger partial charge in [-0.25, -0.2) is 4.79 Å². The van der Waals surface area contributed by atoms with Crippen LogP contribution in [0.3, 0.4) is 0 Å². The van der Waals surface area contributed by atoms with Gasteiger partial charge in [-0.05, 0) is 0 Å². The van der Waals surface area contributed by atoms with Crippen LogP contribution in [-0.4, -0.2) is 11.1 Å². The maximum atomic E-state index is 9.01. The van der Waals surface area contributed by atoms with Crippen LogP contribution in [0.2, 0.25) is 0 Å². The Hall–Kier alpha value is -0.417. The number of hydrogen-bond acceptors (Lipinski definition) is 2. The number of carboxylic acids is 1. The molecule has 0 unspecified atom stereocenters. The van der Waals surface area contributed by atoms with Gasteiger partial charge in [0.1, 0.15) is 0 Å². The van der Waals surface area contributed by atoms with E-state index in [-0.39, 0.29) is 19.5 Å². The Balaban J connectivity index is 0. The molecule has 0 spiro atoms. The zero-order chi connectivity index (χ0) is 4.28. The van der Waals surface area contributed by atoms with Crippen LogP contribution in [0.25, 0.3) is 0 Å². The number of hydrogen-bond donors (Lipinski definition) is 1. The monoisotopic (exact) mass is 135 g/mol. The van der Waals surface area contributed by atoms with Crippen molar-refractivity contribution < 1.29 is 29.4 Å². The minimum absolute atomic E-state index is 0. The van der Waals surface area contributed by atoms with Crippen molar-refractivity contribution in [3.05, 3.63) is 0 Å². The molecule has 0 fully saturated rings. The van der Waals surface area contributed by atoms with Crippen molar-refractivity contribution in [1.29, 1.82) is 5.26 Å². The van der Waals surface area contributed by atoms with E-state index < -0.39 is 5.97 Å². The molecule has 0 radical (unpaired) electrons. The van der Waals surface area contributed by atoms with Gasteiger partial charge in [0.15, 0.2) is 6.07 Å². The van der Waals surface area contributed by atoms with E-state index in [2.05, 4.69) is 0 Å². The predicted octanol–water partition coefficient (Wildman–Crippen LogP) is -0.408. The SMILES string of the molecule is N#CC(=O)O.[Zn+2]. The van der Waals surface area contributed by atoms with Crippen molar-refractivity contribution in [3.63, 3.8) is 0 Å². The molecule has 6 heavy (non-hydrogen) atoms. The predicted molar refractivity (Wildman–Crippen MR) is 13.2 cm³/mol. The van der Waals surface area contributed by atoms with Gasteiger partial charge in [-0.1, -0.05) is 0 Å². The zero-order valence-electron chi connectivity index (χ0n) is 3.01. The van der Waals surface area contributed by atoms with Crippen molar-refractivity contribution in [2.24, 2.45) is 0 Å². The summed E-state index contributed by atoms with van der Waals surface area (Å²) in [7, 11) is 0. The molecular weight excluding hydrogens is 135 g/mol. The molecule has 0 aliphatic rings. The maximum absolute atomic E-state index is 9.01. The van der Waals surface area contributed by atoms with Gasteiger partial charge in [0.05, 0.1) is 0 Å². The van der Waals surface area contributed by atoms with Crippen molar-refractivity contribution in [2.45, 2.75) is 0 Å². The Morgan fingerprint density at radius 1 is 1.83 bits per heavy atom. The number of aliphatic carboxylic acids is 1. The molecule has 0 rings (SSSR count). The van der Waals surface area contributed by atoms with Gasteiger partial charge in [0.2, 0.25) is 0 Å². The summed E-state index contributed by atoms with van der Waals surface area (Å²) in [6.07, 6.45) is 0. The molecule has 1 N–H and O–H groups in total. The van der Waals surface area contributed by atoms with Crippen LogP contribution in [0.15, 0.2) is 0 Å². The normalized spacial score (nSPS) is 4.50. The fourth-order valence-corrected chi connectivity index (χ4v) is 0. The molecular formula is C2HNO2Zn+2. The molecule has 0 saturated carbocycles. The first kappa shape index (κ1) is 9.13. The second-order valence-electron chi connectivity index (χ2n) is 0.417. The second kappa shape index (κ2) is 4.58. The molecule has 0 aromatic heterocycles. The minimum Gasteiger partial charge on any atom is -0.470 e. The van der Waals surface area contributed by atoms with Gasteiger partial charge in [-0.2, -0.15) is 5.26 Å². The topological polar surface area (TPSA) is 61.1 Å². The molecule has 4 heteroatoms. The van der Waals surface area contributed by atoms with Gasteiger partial charge in [-0.15, -0.1) is 0 Å². The average molecular weight is 136 g/mol. The number of carbonyl (C=O) groups is 1. The van der Waals surface area contributed by atoms with Crippen LogP contribution >= 0.6 is 0 Å². The molecule has 0 atom stereocenters. The third-order valence-electron chi connectivity index (χ3n) is 0.0956. The second-order valence-corrected chi connectivity index (χ2v) is 0.417. The number of nitrogens with zero attached hydrogens (tertiary/aromatic N) is 1. The summed E-state index contributed by atoms with van der Waals surface area (Å²) in [5.41, 5.74) is 0. The van der Waals surface area contributed by atoms with Crippen molar-refractivity contribution in [2.75, 3.05) is 0 Å². The summed E-state index contributed by atoms with van der Waals surface area (Å²) in [4.78, 5) is 9.01. The first-order valence-electron chi connectivity index (χ1n) is 0.901. The zero-order valence-corrected chi connectivity index (χ0v) is 5.98. The Bertz CT molecular complexity index is 84.0. The largest absolute Gasteiger partial charge is 2.00 e. The molecule has 0 aliphatic heterocycles. The summed E-state index contributed by atoms with van der Waals surface area (Å²) in [6.45, 7) is 0. The fraction of sp³-hybridized carbons (Fsp3) is 0. The van der Waals surface area contributed by atoms with Gasteiger partial charge in [0, 0.05) is 0 Å². The molecule has 3 nitrogen and oxygen atoms in total. The molecule has 0 bridgehead atoms. The van der Waals surface area contributed by atoms with E-state index in [4.69, 9.17) is 15.2 Å². The van der Waals surface area contributed by atoms with E-state index in [1.807, 2.05) is 0 Å². The van der Waals surface area contributed by atoms with E-state index in [0.717, 1.165) is 6.07 Å². The van der Waals surface area contributed by atoms with Gasteiger partial charge in [0.25, 0.3) is 0 Å². The van der Waals surface area contributed by atoms with E-state index in [1.54, 1.807) is 0 Å². The maximum Gasteiger partial charge on any atom is 2.00 e. The summed E-state index contributed by atoms with van der Waals surface area (Å²) < 4.78 is 0. The summed E-state index contributed by atoms with van der Waals surface area (Å²) in [5, 5.41) is 14.7. The Morgan fingerprint density at radius 3 is 2.00 bits per heavy atom. The van der Waals surface area contributed by atoms with Crippen LogP contribution < -0.4 is 0 Å². The molecule has 0 heterocycles. The third kappa shape index (κ3) is 9.54. The Morgan fingerprint density at radius 2 is 2.00 bits per heavy atom. The first-order chi connectivity index (χ1) is 2.27. The first-order valence-corrected chi connectivity index (χ1v) is 0.901. The molecule has 0 saturated heterocycles. The molecule has 0 aromatic rings. The van der Waals surface area contributed by atoms with Crippen LogP contribution in [0.1, 0.15) is 0 Å². The summed E-state index contributed by atoms with van der Waals surface area (Å²) >= 11 is 0. The fourth-order valence-electron chi connectivity index (χ4n) is 0. The Labute approximate surface area is 47.3 Å². The van der Waals surface area contributed by atoms with Gasteiger partial charge in [-0.3, -0.25) is 0 Å². The van der Waals surface area contributed by atoms with Crippen molar-refractivity contribution >= 4 is 5.97 Å². The minimum atomic E-state index is -1.44. The van der Waals surface area contributed by atoms with Crippen molar-refractivity contribution in [1.82, 2.24) is 0 Å². The van der Waals surface area contributed by atoms with E-state index in [1.165, 1.54) is 0 Å². The van der Waals surface area contributed by atoms with Crippen LogP contribution in [-0.2, 0) is 24.3 Å². The smallest absolute Gasteiger partial charge is 0.470 e. The Kier molecular flexibility index (Phi) is 6.98. The van der Waals surface area contributed by atoms with Gasteiger partial charge < -0.3 is 5.11 Å². The van der Waals surface area contributed by atoms with Crippen LogP contribution in [0, 0.1) is 11.3 Å². The standard InChI is InChI=1S/C2HNO2.Zn/c3-1-2(4)5;/h(H,4,5);/q;+2. The average Bonchev–Trinajstić information content (AvgIpc) is 1.38.